The molecule has 0 amide bonds. The van der Waals surface area contributed by atoms with Gasteiger partial charge in [0.05, 0.1) is 6.33 Å². The Balaban J connectivity index is 1.31. The van der Waals surface area contributed by atoms with Gasteiger partial charge in [0.2, 0.25) is 0 Å². The lowest BCUT2D eigenvalue weighted by Crippen LogP contribution is -2.25. The van der Waals surface area contributed by atoms with E-state index in [-0.39, 0.29) is 0 Å². The van der Waals surface area contributed by atoms with Crippen LogP contribution in [-0.2, 0) is 0 Å². The van der Waals surface area contributed by atoms with Crippen LogP contribution in [0.4, 0.5) is 13.2 Å². The van der Waals surface area contributed by atoms with E-state index in [0.29, 0.717) is 12.2 Å². The first-order valence-electron chi connectivity index (χ1n) is 11.9. The molecule has 2 saturated carbocycles. The molecule has 0 unspecified atom stereocenters. The summed E-state index contributed by atoms with van der Waals surface area (Å²) >= 11 is 0. The van der Waals surface area contributed by atoms with E-state index in [1.165, 1.54) is 76.3 Å². The van der Waals surface area contributed by atoms with Crippen LogP contribution in [0.5, 0.6) is 0 Å². The first-order valence-corrected chi connectivity index (χ1v) is 11.9. The van der Waals surface area contributed by atoms with Crippen molar-refractivity contribution in [3.05, 3.63) is 47.8 Å². The molecule has 0 bridgehead atoms. The van der Waals surface area contributed by atoms with Crippen molar-refractivity contribution in [2.24, 2.45) is 17.8 Å². The van der Waals surface area contributed by atoms with E-state index < -0.39 is 11.6 Å². The molecule has 0 heterocycles. The number of allylic oxidation sites excluding steroid dienone is 1. The second-order valence-electron chi connectivity index (χ2n) is 9.42. The smallest absolute Gasteiger partial charge is 0.159 e. The number of rotatable bonds is 9. The van der Waals surface area contributed by atoms with Gasteiger partial charge in [-0.3, -0.25) is 0 Å². The zero-order chi connectivity index (χ0) is 20.5. The lowest BCUT2D eigenvalue weighted by atomic mass is 9.68. The van der Waals surface area contributed by atoms with Crippen molar-refractivity contribution < 1.29 is 13.2 Å². The fourth-order valence-electron chi connectivity index (χ4n) is 5.75. The highest BCUT2D eigenvalue weighted by Crippen LogP contribution is 2.44. The predicted molar refractivity (Wildman–Crippen MR) is 114 cm³/mol. The van der Waals surface area contributed by atoms with Crippen molar-refractivity contribution in [1.29, 1.82) is 0 Å². The Labute approximate surface area is 175 Å². The lowest BCUT2D eigenvalue weighted by Gasteiger charge is -2.38. The van der Waals surface area contributed by atoms with Gasteiger partial charge in [-0.25, -0.2) is 13.2 Å². The van der Waals surface area contributed by atoms with Gasteiger partial charge in [-0.05, 0) is 92.7 Å². The molecule has 1 aromatic carbocycles. The van der Waals surface area contributed by atoms with Gasteiger partial charge in [-0.1, -0.05) is 50.7 Å². The molecule has 0 aromatic heterocycles. The molecule has 3 rings (SSSR count). The first-order chi connectivity index (χ1) is 14.2. The highest BCUT2D eigenvalue weighted by molar-refractivity contribution is 5.22. The van der Waals surface area contributed by atoms with Crippen LogP contribution < -0.4 is 0 Å². The Morgan fingerprint density at radius 1 is 0.759 bits per heavy atom. The molecule has 3 heteroatoms. The topological polar surface area (TPSA) is 0 Å². The third kappa shape index (κ3) is 6.89. The Bertz CT molecular complexity index is 623. The van der Waals surface area contributed by atoms with Crippen LogP contribution in [0, 0.1) is 29.4 Å². The fraction of sp³-hybridized carbons (Fsp3) is 0.692. The molecule has 0 aliphatic heterocycles. The third-order valence-electron chi connectivity index (χ3n) is 7.57. The average Bonchev–Trinajstić information content (AvgIpc) is 2.76. The summed E-state index contributed by atoms with van der Waals surface area (Å²) in [4.78, 5) is 0. The molecule has 0 N–H and O–H groups in total. The Morgan fingerprint density at radius 3 is 2.07 bits per heavy atom. The van der Waals surface area contributed by atoms with Gasteiger partial charge in [0, 0.05) is 0 Å². The van der Waals surface area contributed by atoms with E-state index in [9.17, 15) is 13.2 Å². The van der Waals surface area contributed by atoms with Gasteiger partial charge in [0.15, 0.2) is 11.6 Å². The summed E-state index contributed by atoms with van der Waals surface area (Å²) < 4.78 is 38.6. The summed E-state index contributed by atoms with van der Waals surface area (Å²) in [7, 11) is 0. The van der Waals surface area contributed by atoms with Gasteiger partial charge in [0.1, 0.15) is 0 Å². The number of hydrogen-bond acceptors (Lipinski definition) is 0. The zero-order valence-corrected chi connectivity index (χ0v) is 17.7. The van der Waals surface area contributed by atoms with Gasteiger partial charge in [-0.2, -0.15) is 0 Å². The third-order valence-corrected chi connectivity index (χ3v) is 7.57. The van der Waals surface area contributed by atoms with Crippen LogP contribution in [0.25, 0.3) is 0 Å². The normalized spacial score (nSPS) is 28.1. The maximum atomic E-state index is 13.5. The second-order valence-corrected chi connectivity index (χ2v) is 9.42. The quantitative estimate of drug-likeness (QED) is 0.359. The van der Waals surface area contributed by atoms with Crippen LogP contribution in [-0.4, -0.2) is 0 Å². The number of hydrogen-bond donors (Lipinski definition) is 0. The molecule has 0 saturated heterocycles. The average molecular weight is 407 g/mol. The first kappa shape index (κ1) is 22.4. The van der Waals surface area contributed by atoms with Gasteiger partial charge in [0.25, 0.3) is 0 Å². The summed E-state index contributed by atoms with van der Waals surface area (Å²) in [6.45, 7) is 0. The minimum Gasteiger partial charge on any atom is -0.216 e. The van der Waals surface area contributed by atoms with Crippen LogP contribution in [0.2, 0.25) is 0 Å². The largest absolute Gasteiger partial charge is 0.216 e. The van der Waals surface area contributed by atoms with Crippen LogP contribution in [0.15, 0.2) is 30.6 Å². The molecule has 0 atom stereocenters. The zero-order valence-electron chi connectivity index (χ0n) is 17.7. The van der Waals surface area contributed by atoms with Crippen molar-refractivity contribution in [2.45, 2.75) is 95.8 Å². The summed E-state index contributed by atoms with van der Waals surface area (Å²) in [5.41, 5.74) is 0.978. The monoisotopic (exact) mass is 406 g/mol. The van der Waals surface area contributed by atoms with E-state index in [0.717, 1.165) is 49.0 Å². The lowest BCUT2D eigenvalue weighted by molar-refractivity contribution is 0.155. The molecule has 0 nitrogen and oxygen atoms in total. The SMILES string of the molecule is FC=CCCCCCC[C@H]1CC[C@H]([C@H]2CC[C@H](c3ccc(F)c(F)c3)CC2)CC1. The molecule has 2 aliphatic rings. The Morgan fingerprint density at radius 2 is 1.41 bits per heavy atom. The molecule has 1 aromatic rings. The van der Waals surface area contributed by atoms with Crippen LogP contribution in [0.1, 0.15) is 101 Å². The van der Waals surface area contributed by atoms with Crippen LogP contribution in [0.3, 0.4) is 0 Å². The molecular formula is C26H37F3. The van der Waals surface area contributed by atoms with E-state index in [1.54, 1.807) is 12.1 Å². The Kier molecular flexibility index (Phi) is 9.14. The second kappa shape index (κ2) is 11.8. The van der Waals surface area contributed by atoms with Crippen molar-refractivity contribution in [3.63, 3.8) is 0 Å². The molecule has 0 radical (unpaired) electrons. The summed E-state index contributed by atoms with van der Waals surface area (Å²) in [5.74, 6) is 1.58. The van der Waals surface area contributed by atoms with E-state index >= 15 is 0 Å². The van der Waals surface area contributed by atoms with Crippen molar-refractivity contribution in [2.75, 3.05) is 0 Å². The maximum absolute atomic E-state index is 13.5. The Hall–Kier alpha value is -1.25. The van der Waals surface area contributed by atoms with Crippen LogP contribution >= 0.6 is 0 Å². The molecular weight excluding hydrogens is 369 g/mol. The van der Waals surface area contributed by atoms with Crippen molar-refractivity contribution in [3.8, 4) is 0 Å². The predicted octanol–water partition coefficient (Wildman–Crippen LogP) is 8.87. The summed E-state index contributed by atoms with van der Waals surface area (Å²) in [6, 6.07) is 4.45. The molecule has 0 spiro atoms. The van der Waals surface area contributed by atoms with E-state index in [2.05, 4.69) is 0 Å². The minimum absolute atomic E-state index is 0.401. The summed E-state index contributed by atoms with van der Waals surface area (Å²) in [6.07, 6.45) is 19.7. The number of halogens is 3. The van der Waals surface area contributed by atoms with Crippen molar-refractivity contribution in [1.82, 2.24) is 0 Å². The molecule has 2 aliphatic carbocycles. The minimum atomic E-state index is -0.742. The number of benzene rings is 1. The van der Waals surface area contributed by atoms with Gasteiger partial charge < -0.3 is 0 Å². The highest BCUT2D eigenvalue weighted by Gasteiger charge is 2.31. The number of unbranched alkanes of at least 4 members (excludes halogenated alkanes) is 4. The molecule has 162 valence electrons. The molecule has 2 fully saturated rings. The van der Waals surface area contributed by atoms with Gasteiger partial charge >= 0.3 is 0 Å². The fourth-order valence-corrected chi connectivity index (χ4v) is 5.75. The van der Waals surface area contributed by atoms with Gasteiger partial charge in [-0.15, -0.1) is 0 Å². The van der Waals surface area contributed by atoms with E-state index in [1.807, 2.05) is 0 Å². The summed E-state index contributed by atoms with van der Waals surface area (Å²) in [5, 5.41) is 0. The standard InChI is InChI=1S/C26H37F3/c27-18-6-4-2-1-3-5-7-20-8-10-21(11-9-20)22-12-14-23(15-13-22)24-16-17-25(28)26(29)19-24/h6,16-23H,1-5,7-15H2/t20-,21-,22-,23-. The van der Waals surface area contributed by atoms with E-state index in [4.69, 9.17) is 0 Å². The maximum Gasteiger partial charge on any atom is 0.159 e. The highest BCUT2D eigenvalue weighted by atomic mass is 19.2. The van der Waals surface area contributed by atoms with Crippen molar-refractivity contribution >= 4 is 0 Å². The molecule has 29 heavy (non-hydrogen) atoms.